The van der Waals surface area contributed by atoms with Crippen LogP contribution in [-0.4, -0.2) is 36.6 Å². The van der Waals surface area contributed by atoms with Gasteiger partial charge in [0.05, 0.1) is 23.8 Å². The van der Waals surface area contributed by atoms with Crippen molar-refractivity contribution < 1.29 is 27.4 Å². The van der Waals surface area contributed by atoms with Crippen LogP contribution in [0.25, 0.3) is 0 Å². The summed E-state index contributed by atoms with van der Waals surface area (Å²) in [7, 11) is 0. The van der Waals surface area contributed by atoms with Gasteiger partial charge in [-0.1, -0.05) is 18.2 Å². The summed E-state index contributed by atoms with van der Waals surface area (Å²) in [6.07, 6.45) is -2.01. The molecule has 2 heterocycles. The first-order valence-electron chi connectivity index (χ1n) is 8.09. The largest absolute Gasteiger partial charge is 0.619 e. The van der Waals surface area contributed by atoms with Gasteiger partial charge in [0.15, 0.2) is 12.4 Å². The fourth-order valence-electron chi connectivity index (χ4n) is 2.90. The predicted molar refractivity (Wildman–Crippen MR) is 86.2 cm³/mol. The van der Waals surface area contributed by atoms with Crippen LogP contribution >= 0.6 is 0 Å². The molecule has 1 aromatic heterocycles. The zero-order chi connectivity index (χ0) is 18.7. The number of nitrogens with zero attached hydrogens (tertiary/aromatic N) is 2. The maximum absolute atomic E-state index is 12.8. The van der Waals surface area contributed by atoms with E-state index in [1.165, 1.54) is 30.6 Å². The molecule has 5 nitrogen and oxygen atoms in total. The van der Waals surface area contributed by atoms with Crippen molar-refractivity contribution in [3.8, 4) is 0 Å². The van der Waals surface area contributed by atoms with Crippen molar-refractivity contribution in [3.63, 3.8) is 0 Å². The molecule has 1 saturated heterocycles. The molecule has 8 heteroatoms. The number of alkyl halides is 3. The van der Waals surface area contributed by atoms with Crippen LogP contribution in [0.1, 0.15) is 21.5 Å². The van der Waals surface area contributed by atoms with Gasteiger partial charge in [0.2, 0.25) is 0 Å². The van der Waals surface area contributed by atoms with Crippen LogP contribution in [0.3, 0.4) is 0 Å². The topological polar surface area (TPSA) is 56.5 Å². The lowest BCUT2D eigenvalue weighted by Gasteiger charge is -2.33. The molecule has 0 saturated carbocycles. The van der Waals surface area contributed by atoms with Gasteiger partial charge in [-0.15, -0.1) is 0 Å². The molecule has 0 N–H and O–H groups in total. The zero-order valence-electron chi connectivity index (χ0n) is 13.8. The van der Waals surface area contributed by atoms with E-state index in [2.05, 4.69) is 0 Å². The van der Waals surface area contributed by atoms with Crippen molar-refractivity contribution >= 4 is 5.91 Å². The predicted octanol–water partition coefficient (Wildman–Crippen LogP) is 2.42. The minimum Gasteiger partial charge on any atom is -0.619 e. The summed E-state index contributed by atoms with van der Waals surface area (Å²) >= 11 is 0. The number of hydrogen-bond donors (Lipinski definition) is 0. The minimum absolute atomic E-state index is 0.233. The van der Waals surface area contributed by atoms with Crippen LogP contribution in [0.2, 0.25) is 0 Å². The second-order valence-electron chi connectivity index (χ2n) is 6.09. The van der Waals surface area contributed by atoms with Crippen molar-refractivity contribution in [1.82, 2.24) is 4.90 Å². The summed E-state index contributed by atoms with van der Waals surface area (Å²) in [5.74, 6) is -0.233. The Morgan fingerprint density at radius 2 is 2.00 bits per heavy atom. The minimum atomic E-state index is -4.39. The summed E-state index contributed by atoms with van der Waals surface area (Å²) in [5.41, 5.74) is 0.192. The molecule has 3 rings (SSSR count). The number of halogens is 3. The van der Waals surface area contributed by atoms with Crippen LogP contribution in [-0.2, 0) is 17.3 Å². The van der Waals surface area contributed by atoms with Gasteiger partial charge in [0.25, 0.3) is 5.91 Å². The quantitative estimate of drug-likeness (QED) is 0.619. The molecule has 0 bridgehead atoms. The van der Waals surface area contributed by atoms with Gasteiger partial charge in [0, 0.05) is 31.6 Å². The smallest absolute Gasteiger partial charge is 0.416 e. The third-order valence-corrected chi connectivity index (χ3v) is 4.19. The van der Waals surface area contributed by atoms with E-state index in [1.807, 2.05) is 0 Å². The zero-order valence-corrected chi connectivity index (χ0v) is 13.8. The van der Waals surface area contributed by atoms with Gasteiger partial charge < -0.3 is 14.8 Å². The Bertz CT molecular complexity index is 778. The first kappa shape index (κ1) is 18.2. The van der Waals surface area contributed by atoms with E-state index < -0.39 is 11.7 Å². The van der Waals surface area contributed by atoms with Crippen molar-refractivity contribution in [2.24, 2.45) is 0 Å². The molecule has 138 valence electrons. The van der Waals surface area contributed by atoms with Gasteiger partial charge in [-0.25, -0.2) is 0 Å². The van der Waals surface area contributed by atoms with E-state index in [4.69, 9.17) is 4.74 Å². The second-order valence-corrected chi connectivity index (χ2v) is 6.09. The standard InChI is InChI=1S/C18H17F3N2O3/c19-18(20,21)15-3-1-2-13(10-15)11-16-12-22(8-9-26-16)17(24)14-4-6-23(25)7-5-14/h1-7,10,16H,8-9,11-12H2/t16-/m1/s1. The highest BCUT2D eigenvalue weighted by molar-refractivity contribution is 5.94. The van der Waals surface area contributed by atoms with Crippen molar-refractivity contribution in [3.05, 3.63) is 70.7 Å². The molecular weight excluding hydrogens is 349 g/mol. The third kappa shape index (κ3) is 4.32. The lowest BCUT2D eigenvalue weighted by atomic mass is 10.0. The van der Waals surface area contributed by atoms with Crippen molar-refractivity contribution in [1.29, 1.82) is 0 Å². The first-order valence-corrected chi connectivity index (χ1v) is 8.09. The van der Waals surface area contributed by atoms with Crippen molar-refractivity contribution in [2.45, 2.75) is 18.7 Å². The highest BCUT2D eigenvalue weighted by Crippen LogP contribution is 2.30. The SMILES string of the molecule is O=C(c1cc[n+]([O-])cc1)N1CCO[C@H](Cc2cccc(C(F)(F)F)c2)C1. The maximum atomic E-state index is 12.8. The van der Waals surface area contributed by atoms with E-state index in [9.17, 15) is 23.2 Å². The average Bonchev–Trinajstić information content (AvgIpc) is 2.61. The van der Waals surface area contributed by atoms with Crippen molar-refractivity contribution in [2.75, 3.05) is 19.7 Å². The molecule has 1 aliphatic heterocycles. The lowest BCUT2D eigenvalue weighted by molar-refractivity contribution is -0.605. The van der Waals surface area contributed by atoms with E-state index >= 15 is 0 Å². The summed E-state index contributed by atoms with van der Waals surface area (Å²) in [6, 6.07) is 7.99. The molecule has 1 aliphatic rings. The number of carbonyl (C=O) groups is 1. The lowest BCUT2D eigenvalue weighted by Crippen LogP contribution is -2.46. The molecule has 0 unspecified atom stereocenters. The number of benzene rings is 1. The molecular formula is C18H17F3N2O3. The Balaban J connectivity index is 1.67. The first-order chi connectivity index (χ1) is 12.3. The normalized spacial score (nSPS) is 18.0. The number of morpholine rings is 1. The van der Waals surface area contributed by atoms with E-state index in [0.717, 1.165) is 12.1 Å². The highest BCUT2D eigenvalue weighted by Gasteiger charge is 2.31. The highest BCUT2D eigenvalue weighted by atomic mass is 19.4. The molecule has 1 fully saturated rings. The molecule has 2 aromatic rings. The van der Waals surface area contributed by atoms with E-state index in [1.54, 1.807) is 11.0 Å². The van der Waals surface area contributed by atoms with Crippen LogP contribution in [0.15, 0.2) is 48.8 Å². The molecule has 1 aromatic carbocycles. The fourth-order valence-corrected chi connectivity index (χ4v) is 2.90. The summed E-state index contributed by atoms with van der Waals surface area (Å²) in [6.45, 7) is 0.981. The summed E-state index contributed by atoms with van der Waals surface area (Å²) in [4.78, 5) is 14.1. The van der Waals surface area contributed by atoms with Gasteiger partial charge in [-0.3, -0.25) is 4.79 Å². The maximum Gasteiger partial charge on any atom is 0.416 e. The number of aromatic nitrogens is 1. The number of amides is 1. The van der Waals surface area contributed by atoms with Crippen LogP contribution in [0, 0.1) is 5.21 Å². The molecule has 1 atom stereocenters. The Labute approximate surface area is 148 Å². The Hall–Kier alpha value is -2.61. The Morgan fingerprint density at radius 1 is 1.27 bits per heavy atom. The van der Waals surface area contributed by atoms with E-state index in [0.29, 0.717) is 29.0 Å². The molecule has 26 heavy (non-hydrogen) atoms. The molecule has 1 amide bonds. The number of carbonyl (C=O) groups excluding carboxylic acids is 1. The van der Waals surface area contributed by atoms with Gasteiger partial charge in [-0.05, 0) is 11.6 Å². The van der Waals surface area contributed by atoms with Crippen LogP contribution in [0.5, 0.6) is 0 Å². The van der Waals surface area contributed by atoms with E-state index in [-0.39, 0.29) is 25.0 Å². The van der Waals surface area contributed by atoms with Gasteiger partial charge in [0.1, 0.15) is 0 Å². The number of hydrogen-bond acceptors (Lipinski definition) is 3. The Kier molecular flexibility index (Phi) is 5.13. The van der Waals surface area contributed by atoms with Crippen LogP contribution in [0.4, 0.5) is 13.2 Å². The van der Waals surface area contributed by atoms with Gasteiger partial charge >= 0.3 is 6.18 Å². The molecule has 0 radical (unpaired) electrons. The number of ether oxygens (including phenoxy) is 1. The van der Waals surface area contributed by atoms with Gasteiger partial charge in [-0.2, -0.15) is 17.9 Å². The monoisotopic (exact) mass is 366 g/mol. The molecule has 0 spiro atoms. The summed E-state index contributed by atoms with van der Waals surface area (Å²) in [5, 5.41) is 11.1. The second kappa shape index (κ2) is 7.33. The number of pyridine rings is 1. The third-order valence-electron chi connectivity index (χ3n) is 4.19. The summed E-state index contributed by atoms with van der Waals surface area (Å²) < 4.78 is 44.7. The molecule has 0 aliphatic carbocycles. The number of rotatable bonds is 3. The van der Waals surface area contributed by atoms with Crippen LogP contribution < -0.4 is 4.73 Å². The fraction of sp³-hybridized carbons (Fsp3) is 0.333. The average molecular weight is 366 g/mol. The Morgan fingerprint density at radius 3 is 2.69 bits per heavy atom.